The summed E-state index contributed by atoms with van der Waals surface area (Å²) in [5.74, 6) is -0.399. The predicted octanol–water partition coefficient (Wildman–Crippen LogP) is 3.76. The first kappa shape index (κ1) is 12.6. The first-order valence-electron chi connectivity index (χ1n) is 6.50. The van der Waals surface area contributed by atoms with Crippen molar-refractivity contribution in [2.75, 3.05) is 5.01 Å². The van der Waals surface area contributed by atoms with Gasteiger partial charge in [-0.1, -0.05) is 18.0 Å². The molecule has 1 atom stereocenters. The third-order valence-corrected chi connectivity index (χ3v) is 3.97. The molecule has 1 aromatic carbocycles. The van der Waals surface area contributed by atoms with Gasteiger partial charge in [-0.25, -0.2) is 4.39 Å². The van der Waals surface area contributed by atoms with E-state index in [1.807, 2.05) is 0 Å². The van der Waals surface area contributed by atoms with Gasteiger partial charge in [-0.15, -0.1) is 0 Å². The summed E-state index contributed by atoms with van der Waals surface area (Å²) in [6, 6.07) is 4.28. The van der Waals surface area contributed by atoms with E-state index in [9.17, 15) is 9.18 Å². The lowest BCUT2D eigenvalue weighted by atomic mass is 9.84. The van der Waals surface area contributed by atoms with Crippen molar-refractivity contribution in [1.29, 1.82) is 0 Å². The summed E-state index contributed by atoms with van der Waals surface area (Å²) >= 11 is 5.72. The molecular formula is C14H14ClFN2O. The fourth-order valence-corrected chi connectivity index (χ4v) is 2.90. The van der Waals surface area contributed by atoms with Gasteiger partial charge in [-0.05, 0) is 37.5 Å². The molecule has 1 amide bonds. The number of halogens is 2. The third-order valence-electron chi connectivity index (χ3n) is 3.73. The molecule has 1 aliphatic heterocycles. The second-order valence-electron chi connectivity index (χ2n) is 5.04. The Balaban J connectivity index is 1.97. The lowest BCUT2D eigenvalue weighted by Crippen LogP contribution is -2.38. The first-order valence-corrected chi connectivity index (χ1v) is 6.88. The molecular weight excluding hydrogens is 267 g/mol. The van der Waals surface area contributed by atoms with Crippen LogP contribution in [0.5, 0.6) is 0 Å². The van der Waals surface area contributed by atoms with Crippen LogP contribution in [0.4, 0.5) is 10.1 Å². The van der Waals surface area contributed by atoms with E-state index >= 15 is 0 Å². The number of hydrazone groups is 1. The van der Waals surface area contributed by atoms with E-state index in [1.54, 1.807) is 6.07 Å². The van der Waals surface area contributed by atoms with Gasteiger partial charge in [0.1, 0.15) is 11.5 Å². The monoisotopic (exact) mass is 280 g/mol. The molecule has 19 heavy (non-hydrogen) atoms. The summed E-state index contributed by atoms with van der Waals surface area (Å²) in [7, 11) is 0. The molecule has 3 rings (SSSR count). The SMILES string of the molecule is O=C1CC2CCCCC2=NN1c1ccc(Cl)cc1F. The minimum absolute atomic E-state index is 0.142. The van der Waals surface area contributed by atoms with E-state index in [4.69, 9.17) is 11.6 Å². The second kappa shape index (κ2) is 4.93. The van der Waals surface area contributed by atoms with Gasteiger partial charge in [-0.3, -0.25) is 4.79 Å². The van der Waals surface area contributed by atoms with Crippen molar-refractivity contribution in [3.8, 4) is 0 Å². The van der Waals surface area contributed by atoms with Crippen LogP contribution in [-0.4, -0.2) is 11.6 Å². The average molecular weight is 281 g/mol. The fourth-order valence-electron chi connectivity index (χ4n) is 2.74. The van der Waals surface area contributed by atoms with Gasteiger partial charge in [0.2, 0.25) is 5.91 Å². The zero-order valence-electron chi connectivity index (χ0n) is 10.4. The van der Waals surface area contributed by atoms with E-state index in [0.717, 1.165) is 31.4 Å². The molecule has 0 N–H and O–H groups in total. The van der Waals surface area contributed by atoms with Gasteiger partial charge in [0, 0.05) is 23.1 Å². The topological polar surface area (TPSA) is 32.7 Å². The molecule has 100 valence electrons. The predicted molar refractivity (Wildman–Crippen MR) is 72.9 cm³/mol. The molecule has 0 spiro atoms. The number of hydrogen-bond acceptors (Lipinski definition) is 2. The Morgan fingerprint density at radius 3 is 3.00 bits per heavy atom. The minimum Gasteiger partial charge on any atom is -0.273 e. The zero-order valence-corrected chi connectivity index (χ0v) is 11.2. The third kappa shape index (κ3) is 2.37. The van der Waals surface area contributed by atoms with Crippen molar-refractivity contribution in [3.63, 3.8) is 0 Å². The summed E-state index contributed by atoms with van der Waals surface area (Å²) in [4.78, 5) is 12.1. The zero-order chi connectivity index (χ0) is 13.4. The van der Waals surface area contributed by atoms with Crippen LogP contribution in [-0.2, 0) is 4.79 Å². The van der Waals surface area contributed by atoms with Crippen LogP contribution in [0.15, 0.2) is 23.3 Å². The van der Waals surface area contributed by atoms with E-state index < -0.39 is 5.82 Å². The Bertz CT molecular complexity index is 558. The van der Waals surface area contributed by atoms with Crippen LogP contribution in [0, 0.1) is 11.7 Å². The Labute approximate surface area is 116 Å². The molecule has 0 bridgehead atoms. The number of rotatable bonds is 1. The summed E-state index contributed by atoms with van der Waals surface area (Å²) in [6.45, 7) is 0. The Kier molecular flexibility index (Phi) is 3.27. The van der Waals surface area contributed by atoms with Crippen molar-refractivity contribution >= 4 is 28.9 Å². The lowest BCUT2D eigenvalue weighted by molar-refractivity contribution is -0.119. The number of hydrogen-bond donors (Lipinski definition) is 0. The number of nitrogens with zero attached hydrogens (tertiary/aromatic N) is 2. The molecule has 1 aliphatic carbocycles. The van der Waals surface area contributed by atoms with Gasteiger partial charge in [0.15, 0.2) is 0 Å². The summed E-state index contributed by atoms with van der Waals surface area (Å²) in [5, 5.41) is 5.87. The van der Waals surface area contributed by atoms with Gasteiger partial charge >= 0.3 is 0 Å². The maximum absolute atomic E-state index is 13.9. The molecule has 1 fully saturated rings. The highest BCUT2D eigenvalue weighted by Crippen LogP contribution is 2.32. The molecule has 0 radical (unpaired) electrons. The van der Waals surface area contributed by atoms with Crippen LogP contribution < -0.4 is 5.01 Å². The molecule has 1 unspecified atom stereocenters. The maximum atomic E-state index is 13.9. The van der Waals surface area contributed by atoms with Crippen LogP contribution in [0.1, 0.15) is 32.1 Å². The summed E-state index contributed by atoms with van der Waals surface area (Å²) in [6.07, 6.45) is 4.60. The maximum Gasteiger partial charge on any atom is 0.248 e. The van der Waals surface area contributed by atoms with Crippen LogP contribution in [0.25, 0.3) is 0 Å². The number of carbonyl (C=O) groups is 1. The van der Waals surface area contributed by atoms with E-state index in [1.165, 1.54) is 17.1 Å². The summed E-state index contributed by atoms with van der Waals surface area (Å²) in [5.41, 5.74) is 1.21. The molecule has 3 nitrogen and oxygen atoms in total. The van der Waals surface area contributed by atoms with Crippen LogP contribution >= 0.6 is 11.6 Å². The number of anilines is 1. The number of fused-ring (bicyclic) bond motifs is 1. The fraction of sp³-hybridized carbons (Fsp3) is 0.429. The van der Waals surface area contributed by atoms with Gasteiger partial charge < -0.3 is 0 Å². The molecule has 0 saturated heterocycles. The molecule has 2 aliphatic rings. The lowest BCUT2D eigenvalue weighted by Gasteiger charge is -2.32. The van der Waals surface area contributed by atoms with Crippen LogP contribution in [0.2, 0.25) is 5.02 Å². The largest absolute Gasteiger partial charge is 0.273 e. The molecule has 5 heteroatoms. The van der Waals surface area contributed by atoms with Gasteiger partial charge in [0.05, 0.1) is 0 Å². The highest BCUT2D eigenvalue weighted by Gasteiger charge is 2.32. The Morgan fingerprint density at radius 1 is 1.37 bits per heavy atom. The molecule has 1 aromatic rings. The van der Waals surface area contributed by atoms with E-state index in [2.05, 4.69) is 5.10 Å². The van der Waals surface area contributed by atoms with E-state index in [-0.39, 0.29) is 17.5 Å². The van der Waals surface area contributed by atoms with Crippen molar-refractivity contribution < 1.29 is 9.18 Å². The van der Waals surface area contributed by atoms with Gasteiger partial charge in [0.25, 0.3) is 0 Å². The Morgan fingerprint density at radius 2 is 2.21 bits per heavy atom. The van der Waals surface area contributed by atoms with Crippen molar-refractivity contribution in [1.82, 2.24) is 0 Å². The highest BCUT2D eigenvalue weighted by molar-refractivity contribution is 6.30. The molecule has 0 aromatic heterocycles. The second-order valence-corrected chi connectivity index (χ2v) is 5.48. The molecule has 1 heterocycles. The highest BCUT2D eigenvalue weighted by atomic mass is 35.5. The number of amides is 1. The summed E-state index contributed by atoms with van der Waals surface area (Å²) < 4.78 is 13.9. The number of carbonyl (C=O) groups excluding carboxylic acids is 1. The normalized spacial score (nSPS) is 23.1. The van der Waals surface area contributed by atoms with Crippen molar-refractivity contribution in [2.24, 2.45) is 11.0 Å². The van der Waals surface area contributed by atoms with Crippen molar-refractivity contribution in [2.45, 2.75) is 32.1 Å². The first-order chi connectivity index (χ1) is 9.15. The number of benzene rings is 1. The van der Waals surface area contributed by atoms with Gasteiger partial charge in [-0.2, -0.15) is 10.1 Å². The van der Waals surface area contributed by atoms with Crippen LogP contribution in [0.3, 0.4) is 0 Å². The quantitative estimate of drug-likeness (QED) is 0.771. The smallest absolute Gasteiger partial charge is 0.248 e. The molecule has 1 saturated carbocycles. The van der Waals surface area contributed by atoms with Crippen molar-refractivity contribution in [3.05, 3.63) is 29.0 Å². The Hall–Kier alpha value is -1.42. The standard InChI is InChI=1S/C14H14ClFN2O/c15-10-5-6-13(11(16)8-10)18-14(19)7-9-3-1-2-4-12(9)17-18/h5-6,8-9H,1-4,7H2. The average Bonchev–Trinajstić information content (AvgIpc) is 2.38. The van der Waals surface area contributed by atoms with E-state index in [0.29, 0.717) is 11.4 Å². The minimum atomic E-state index is -0.514.